The molecule has 0 unspecified atom stereocenters. The van der Waals surface area contributed by atoms with Gasteiger partial charge < -0.3 is 5.11 Å². The van der Waals surface area contributed by atoms with E-state index in [1.807, 2.05) is 0 Å². The number of aromatic nitrogens is 1. The van der Waals surface area contributed by atoms with Crippen molar-refractivity contribution in [2.24, 2.45) is 5.41 Å². The Morgan fingerprint density at radius 2 is 2.14 bits per heavy atom. The van der Waals surface area contributed by atoms with Crippen molar-refractivity contribution in [1.82, 2.24) is 4.98 Å². The average Bonchev–Trinajstić information content (AvgIpc) is 2.37. The van der Waals surface area contributed by atoms with Crippen LogP contribution in [-0.4, -0.2) is 16.1 Å². The highest BCUT2D eigenvalue weighted by atomic mass is 35.5. The lowest BCUT2D eigenvalue weighted by Gasteiger charge is -2.32. The largest absolute Gasteiger partial charge is 0.478 e. The molecule has 1 aromatic heterocycles. The van der Waals surface area contributed by atoms with Crippen LogP contribution in [0.25, 0.3) is 10.9 Å². The zero-order chi connectivity index (χ0) is 15.4. The molecule has 21 heavy (non-hydrogen) atoms. The van der Waals surface area contributed by atoms with Gasteiger partial charge >= 0.3 is 5.97 Å². The molecule has 2 aromatic rings. The third-order valence-electron chi connectivity index (χ3n) is 4.12. The lowest BCUT2D eigenvalue weighted by atomic mass is 9.74. The average molecular weight is 308 g/mol. The highest BCUT2D eigenvalue weighted by molar-refractivity contribution is 6.31. The quantitative estimate of drug-likeness (QED) is 0.857. The topological polar surface area (TPSA) is 50.2 Å². The van der Waals surface area contributed by atoms with Gasteiger partial charge in [0.25, 0.3) is 0 Å². The summed E-state index contributed by atoms with van der Waals surface area (Å²) in [5.41, 5.74) is 2.13. The lowest BCUT2D eigenvalue weighted by Crippen LogP contribution is -2.25. The fraction of sp³-hybridized carbons (Fsp3) is 0.375. The van der Waals surface area contributed by atoms with Gasteiger partial charge in [-0.15, -0.1) is 0 Å². The van der Waals surface area contributed by atoms with Crippen LogP contribution >= 0.6 is 11.6 Å². The number of fused-ring (bicyclic) bond motifs is 2. The Balaban J connectivity index is 2.38. The number of pyridine rings is 1. The summed E-state index contributed by atoms with van der Waals surface area (Å²) in [6, 6.07) is 2.58. The summed E-state index contributed by atoms with van der Waals surface area (Å²) in [6.07, 6.45) is 2.30. The van der Waals surface area contributed by atoms with Crippen LogP contribution in [0.1, 0.15) is 41.9 Å². The molecule has 0 atom stereocenters. The summed E-state index contributed by atoms with van der Waals surface area (Å²) in [4.78, 5) is 16.2. The Morgan fingerprint density at radius 3 is 2.81 bits per heavy atom. The van der Waals surface area contributed by atoms with Gasteiger partial charge in [-0.2, -0.15) is 0 Å². The van der Waals surface area contributed by atoms with E-state index in [0.717, 1.165) is 17.7 Å². The van der Waals surface area contributed by atoms with Gasteiger partial charge in [-0.25, -0.2) is 9.18 Å². The van der Waals surface area contributed by atoms with Gasteiger partial charge in [0.1, 0.15) is 5.82 Å². The van der Waals surface area contributed by atoms with Gasteiger partial charge in [-0.3, -0.25) is 4.98 Å². The van der Waals surface area contributed by atoms with Crippen molar-refractivity contribution in [2.45, 2.75) is 33.1 Å². The van der Waals surface area contributed by atoms with Crippen LogP contribution < -0.4 is 0 Å². The van der Waals surface area contributed by atoms with E-state index in [1.54, 1.807) is 0 Å². The van der Waals surface area contributed by atoms with E-state index in [4.69, 9.17) is 11.6 Å². The maximum Gasteiger partial charge on any atom is 0.336 e. The van der Waals surface area contributed by atoms with Gasteiger partial charge in [0.15, 0.2) is 0 Å². The van der Waals surface area contributed by atoms with E-state index in [1.165, 1.54) is 12.1 Å². The highest BCUT2D eigenvalue weighted by Gasteiger charge is 2.31. The first-order valence-corrected chi connectivity index (χ1v) is 7.20. The number of aromatic carboxylic acids is 1. The predicted octanol–water partition coefficient (Wildman–Crippen LogP) is 4.24. The molecule has 1 N–H and O–H groups in total. The van der Waals surface area contributed by atoms with E-state index in [2.05, 4.69) is 18.8 Å². The van der Waals surface area contributed by atoms with Gasteiger partial charge in [0.05, 0.1) is 16.1 Å². The van der Waals surface area contributed by atoms with Crippen LogP contribution in [0, 0.1) is 11.2 Å². The van der Waals surface area contributed by atoms with Crippen molar-refractivity contribution in [1.29, 1.82) is 0 Å². The van der Waals surface area contributed by atoms with Crippen molar-refractivity contribution >= 4 is 28.5 Å². The maximum absolute atomic E-state index is 13.6. The number of hydrogen-bond donors (Lipinski definition) is 1. The molecular weight excluding hydrogens is 293 g/mol. The molecular formula is C16H15ClFNO2. The number of carbonyl (C=O) groups is 1. The fourth-order valence-corrected chi connectivity index (χ4v) is 3.18. The van der Waals surface area contributed by atoms with E-state index in [0.29, 0.717) is 23.7 Å². The number of hydrogen-bond acceptors (Lipinski definition) is 2. The number of carboxylic acid groups (broad SMARTS) is 1. The minimum atomic E-state index is -1.01. The maximum atomic E-state index is 13.6. The molecule has 3 rings (SSSR count). The van der Waals surface area contributed by atoms with E-state index in [-0.39, 0.29) is 16.0 Å². The third-order valence-corrected chi connectivity index (χ3v) is 4.41. The second-order valence-corrected chi connectivity index (χ2v) is 6.75. The van der Waals surface area contributed by atoms with Gasteiger partial charge in [0.2, 0.25) is 0 Å². The Morgan fingerprint density at radius 1 is 1.43 bits per heavy atom. The Labute approximate surface area is 126 Å². The van der Waals surface area contributed by atoms with Crippen molar-refractivity contribution in [3.63, 3.8) is 0 Å². The van der Waals surface area contributed by atoms with E-state index >= 15 is 0 Å². The second-order valence-electron chi connectivity index (χ2n) is 6.34. The fourth-order valence-electron chi connectivity index (χ4n) is 3.01. The van der Waals surface area contributed by atoms with E-state index < -0.39 is 11.8 Å². The first-order valence-electron chi connectivity index (χ1n) is 6.82. The molecule has 0 aliphatic heterocycles. The molecule has 0 saturated carbocycles. The number of aryl methyl sites for hydroxylation is 1. The van der Waals surface area contributed by atoms with Crippen LogP contribution in [-0.2, 0) is 12.8 Å². The van der Waals surface area contributed by atoms with Crippen molar-refractivity contribution in [2.75, 3.05) is 0 Å². The predicted molar refractivity (Wildman–Crippen MR) is 79.5 cm³/mol. The minimum Gasteiger partial charge on any atom is -0.478 e. The molecule has 0 bridgehead atoms. The molecule has 1 aliphatic rings. The summed E-state index contributed by atoms with van der Waals surface area (Å²) in [5, 5.41) is 9.93. The van der Waals surface area contributed by atoms with Crippen LogP contribution in [0.15, 0.2) is 12.1 Å². The first kappa shape index (κ1) is 14.3. The number of benzene rings is 1. The monoisotopic (exact) mass is 307 g/mol. The molecule has 0 spiro atoms. The Kier molecular flexibility index (Phi) is 3.17. The first-order chi connectivity index (χ1) is 9.78. The summed E-state index contributed by atoms with van der Waals surface area (Å²) >= 11 is 5.81. The Bertz CT molecular complexity index is 771. The highest BCUT2D eigenvalue weighted by Crippen LogP contribution is 2.38. The molecule has 1 heterocycles. The lowest BCUT2D eigenvalue weighted by molar-refractivity contribution is 0.0696. The SMILES string of the molecule is CC1(C)CCc2nc3cc(F)c(Cl)cc3c(C(=O)O)c2C1. The number of nitrogens with zero attached hydrogens (tertiary/aromatic N) is 1. The molecule has 110 valence electrons. The molecule has 5 heteroatoms. The van der Waals surface area contributed by atoms with Crippen LogP contribution in [0.3, 0.4) is 0 Å². The van der Waals surface area contributed by atoms with Gasteiger partial charge in [0, 0.05) is 17.1 Å². The Hall–Kier alpha value is -1.68. The smallest absolute Gasteiger partial charge is 0.336 e. The normalized spacial score (nSPS) is 16.8. The zero-order valence-electron chi connectivity index (χ0n) is 11.8. The summed E-state index contributed by atoms with van der Waals surface area (Å²) < 4.78 is 13.6. The van der Waals surface area contributed by atoms with Crippen molar-refractivity contribution < 1.29 is 14.3 Å². The summed E-state index contributed by atoms with van der Waals surface area (Å²) in [7, 11) is 0. The molecule has 0 amide bonds. The van der Waals surface area contributed by atoms with E-state index in [9.17, 15) is 14.3 Å². The van der Waals surface area contributed by atoms with Crippen molar-refractivity contribution in [3.8, 4) is 0 Å². The van der Waals surface area contributed by atoms with Gasteiger partial charge in [-0.1, -0.05) is 25.4 Å². The standard InChI is InChI=1S/C16H15ClFNO2/c1-16(2)4-3-12-9(7-16)14(15(20)21)8-5-10(17)11(18)6-13(8)19-12/h5-6H,3-4,7H2,1-2H3,(H,20,21). The summed E-state index contributed by atoms with van der Waals surface area (Å²) in [6.45, 7) is 4.23. The van der Waals surface area contributed by atoms with Gasteiger partial charge in [-0.05, 0) is 36.3 Å². The molecule has 1 aliphatic carbocycles. The number of carboxylic acids is 1. The molecule has 3 nitrogen and oxygen atoms in total. The molecule has 0 radical (unpaired) electrons. The van der Waals surface area contributed by atoms with Crippen LogP contribution in [0.2, 0.25) is 5.02 Å². The third kappa shape index (κ3) is 2.38. The number of halogens is 2. The van der Waals surface area contributed by atoms with Crippen molar-refractivity contribution in [3.05, 3.63) is 39.8 Å². The van der Waals surface area contributed by atoms with Crippen LogP contribution in [0.4, 0.5) is 4.39 Å². The molecule has 0 saturated heterocycles. The second kappa shape index (κ2) is 4.67. The molecule has 1 aromatic carbocycles. The number of rotatable bonds is 1. The summed E-state index contributed by atoms with van der Waals surface area (Å²) in [5.74, 6) is -1.59. The minimum absolute atomic E-state index is 0.0381. The van der Waals surface area contributed by atoms with Crippen LogP contribution in [0.5, 0.6) is 0 Å². The molecule has 0 fully saturated rings. The zero-order valence-corrected chi connectivity index (χ0v) is 12.6.